The third-order valence-electron chi connectivity index (χ3n) is 3.69. The highest BCUT2D eigenvalue weighted by Gasteiger charge is 2.66. The Morgan fingerprint density at radius 2 is 2.27 bits per heavy atom. The molecule has 15 heavy (non-hydrogen) atoms. The van der Waals surface area contributed by atoms with Crippen molar-refractivity contribution < 1.29 is 19.2 Å². The van der Waals surface area contributed by atoms with Crippen LogP contribution in [0.25, 0.3) is 0 Å². The standard InChI is InChI=1S/C9H12N2O4/c1-5-6-11(9(5)2-3-10-4-9)15-8(13)7(12)14-6/h5-6,10H,2-4H2,1H3/t5-,6?,9+/m1/s1. The van der Waals surface area contributed by atoms with E-state index < -0.39 is 18.2 Å². The molecule has 0 bridgehead atoms. The first-order chi connectivity index (χ1) is 7.15. The third kappa shape index (κ3) is 0.955. The van der Waals surface area contributed by atoms with Crippen molar-refractivity contribution >= 4 is 11.9 Å². The molecule has 0 aromatic heterocycles. The first-order valence-corrected chi connectivity index (χ1v) is 5.08. The second-order valence-corrected chi connectivity index (χ2v) is 4.32. The summed E-state index contributed by atoms with van der Waals surface area (Å²) in [5.41, 5.74) is -0.166. The van der Waals surface area contributed by atoms with Gasteiger partial charge in [0.2, 0.25) is 0 Å². The number of fused-ring (bicyclic) bond motifs is 2. The highest BCUT2D eigenvalue weighted by atomic mass is 16.8. The molecule has 3 aliphatic heterocycles. The number of esters is 1. The minimum absolute atomic E-state index is 0.166. The number of carbonyl (C=O) groups excluding carboxylic acids is 2. The topological polar surface area (TPSA) is 67.9 Å². The van der Waals surface area contributed by atoms with Crippen LogP contribution in [-0.2, 0) is 19.2 Å². The Morgan fingerprint density at radius 3 is 2.93 bits per heavy atom. The monoisotopic (exact) mass is 212 g/mol. The zero-order valence-electron chi connectivity index (χ0n) is 8.36. The van der Waals surface area contributed by atoms with Crippen molar-refractivity contribution in [1.82, 2.24) is 10.4 Å². The van der Waals surface area contributed by atoms with Gasteiger partial charge in [-0.05, 0) is 13.0 Å². The summed E-state index contributed by atoms with van der Waals surface area (Å²) < 4.78 is 4.98. The second kappa shape index (κ2) is 2.70. The van der Waals surface area contributed by atoms with Crippen LogP contribution in [0.3, 0.4) is 0 Å². The van der Waals surface area contributed by atoms with Crippen molar-refractivity contribution in [3.8, 4) is 0 Å². The van der Waals surface area contributed by atoms with Gasteiger partial charge in [0.05, 0.1) is 5.54 Å². The molecule has 0 saturated carbocycles. The average molecular weight is 212 g/mol. The van der Waals surface area contributed by atoms with Crippen molar-refractivity contribution in [2.75, 3.05) is 13.1 Å². The molecule has 1 N–H and O–H groups in total. The van der Waals surface area contributed by atoms with Crippen LogP contribution in [-0.4, -0.2) is 41.9 Å². The van der Waals surface area contributed by atoms with E-state index in [1.54, 1.807) is 5.06 Å². The summed E-state index contributed by atoms with van der Waals surface area (Å²) in [7, 11) is 0. The lowest BCUT2D eigenvalue weighted by Crippen LogP contribution is -2.76. The molecule has 0 aromatic rings. The Morgan fingerprint density at radius 1 is 1.47 bits per heavy atom. The first kappa shape index (κ1) is 9.11. The van der Waals surface area contributed by atoms with E-state index >= 15 is 0 Å². The number of nitrogens with one attached hydrogen (secondary N) is 1. The van der Waals surface area contributed by atoms with Gasteiger partial charge in [0.15, 0.2) is 6.23 Å². The lowest BCUT2D eigenvalue weighted by atomic mass is 9.74. The number of carbonyl (C=O) groups is 2. The summed E-state index contributed by atoms with van der Waals surface area (Å²) in [5.74, 6) is -1.60. The van der Waals surface area contributed by atoms with E-state index in [2.05, 4.69) is 5.32 Å². The fourth-order valence-electron chi connectivity index (χ4n) is 2.69. The van der Waals surface area contributed by atoms with Gasteiger partial charge in [0, 0.05) is 12.5 Å². The van der Waals surface area contributed by atoms with Gasteiger partial charge in [0.25, 0.3) is 0 Å². The molecule has 3 atom stereocenters. The quantitative estimate of drug-likeness (QED) is 0.411. The fourth-order valence-corrected chi connectivity index (χ4v) is 2.69. The minimum atomic E-state index is -0.913. The molecular formula is C9H12N2O4. The van der Waals surface area contributed by atoms with Gasteiger partial charge < -0.3 is 14.9 Å². The zero-order valence-corrected chi connectivity index (χ0v) is 8.36. The van der Waals surface area contributed by atoms with Crippen molar-refractivity contribution in [2.24, 2.45) is 5.92 Å². The molecule has 1 unspecified atom stereocenters. The van der Waals surface area contributed by atoms with Crippen LogP contribution in [0.4, 0.5) is 0 Å². The van der Waals surface area contributed by atoms with Crippen LogP contribution < -0.4 is 5.32 Å². The Bertz CT molecular complexity index is 337. The summed E-state index contributed by atoms with van der Waals surface area (Å²) in [6, 6.07) is 0. The molecule has 82 valence electrons. The van der Waals surface area contributed by atoms with E-state index in [0.717, 1.165) is 19.5 Å². The molecule has 3 fully saturated rings. The molecular weight excluding hydrogens is 200 g/mol. The van der Waals surface area contributed by atoms with E-state index in [1.807, 2.05) is 6.92 Å². The molecule has 3 aliphatic rings. The fraction of sp³-hybridized carbons (Fsp3) is 0.778. The normalized spacial score (nSPS) is 44.6. The van der Waals surface area contributed by atoms with Crippen molar-refractivity contribution in [3.63, 3.8) is 0 Å². The summed E-state index contributed by atoms with van der Waals surface area (Å²) in [6.45, 7) is 3.69. The highest BCUT2D eigenvalue weighted by molar-refractivity contribution is 6.30. The number of hydroxylamine groups is 2. The lowest BCUT2D eigenvalue weighted by molar-refractivity contribution is -0.377. The molecule has 0 amide bonds. The summed E-state index contributed by atoms with van der Waals surface area (Å²) in [4.78, 5) is 27.1. The second-order valence-electron chi connectivity index (χ2n) is 4.32. The highest BCUT2D eigenvalue weighted by Crippen LogP contribution is 2.48. The Hall–Kier alpha value is -1.14. The molecule has 0 aromatic carbocycles. The molecule has 3 saturated heterocycles. The van der Waals surface area contributed by atoms with Crippen LogP contribution in [0.2, 0.25) is 0 Å². The third-order valence-corrected chi connectivity index (χ3v) is 3.69. The Kier molecular flexibility index (Phi) is 1.64. The van der Waals surface area contributed by atoms with Crippen molar-refractivity contribution in [3.05, 3.63) is 0 Å². The summed E-state index contributed by atoms with van der Waals surface area (Å²) in [6.07, 6.45) is 0.519. The van der Waals surface area contributed by atoms with Gasteiger partial charge in [-0.25, -0.2) is 9.59 Å². The van der Waals surface area contributed by atoms with Crippen molar-refractivity contribution in [2.45, 2.75) is 25.1 Å². The van der Waals surface area contributed by atoms with Crippen LogP contribution in [0, 0.1) is 5.92 Å². The number of rotatable bonds is 0. The Labute approximate surface area is 86.5 Å². The van der Waals surface area contributed by atoms with Crippen LogP contribution in [0.1, 0.15) is 13.3 Å². The first-order valence-electron chi connectivity index (χ1n) is 5.08. The van der Waals surface area contributed by atoms with Gasteiger partial charge in [-0.3, -0.25) is 0 Å². The van der Waals surface area contributed by atoms with Gasteiger partial charge in [-0.2, -0.15) is 0 Å². The van der Waals surface area contributed by atoms with Gasteiger partial charge in [0.1, 0.15) is 0 Å². The summed E-state index contributed by atoms with van der Waals surface area (Å²) >= 11 is 0. The molecule has 0 radical (unpaired) electrons. The number of ether oxygens (including phenoxy) is 1. The van der Waals surface area contributed by atoms with Gasteiger partial charge in [-0.15, -0.1) is 0 Å². The maximum atomic E-state index is 11.1. The molecule has 3 rings (SSSR count). The van der Waals surface area contributed by atoms with E-state index in [0.29, 0.717) is 0 Å². The average Bonchev–Trinajstić information content (AvgIpc) is 2.72. The zero-order chi connectivity index (χ0) is 10.6. The van der Waals surface area contributed by atoms with Crippen LogP contribution in [0.15, 0.2) is 0 Å². The molecule has 1 spiro atoms. The predicted molar refractivity (Wildman–Crippen MR) is 47.2 cm³/mol. The van der Waals surface area contributed by atoms with Gasteiger partial charge >= 0.3 is 11.9 Å². The number of nitrogens with zero attached hydrogens (tertiary/aromatic N) is 1. The SMILES string of the molecule is C[C@@H]1C2OC(=O)C(=O)ON2[C@]12CCNC2. The van der Waals surface area contributed by atoms with E-state index in [-0.39, 0.29) is 11.5 Å². The number of hydrogen-bond donors (Lipinski definition) is 1. The van der Waals surface area contributed by atoms with E-state index in [4.69, 9.17) is 9.57 Å². The minimum Gasteiger partial charge on any atom is -0.434 e. The smallest absolute Gasteiger partial charge is 0.434 e. The van der Waals surface area contributed by atoms with Gasteiger partial charge in [-0.1, -0.05) is 12.0 Å². The van der Waals surface area contributed by atoms with Crippen LogP contribution >= 0.6 is 0 Å². The molecule has 0 aliphatic carbocycles. The molecule has 6 heteroatoms. The van der Waals surface area contributed by atoms with Crippen LogP contribution in [0.5, 0.6) is 0 Å². The molecule has 3 heterocycles. The summed E-state index contributed by atoms with van der Waals surface area (Å²) in [5, 5.41) is 4.77. The predicted octanol–water partition coefficient (Wildman–Crippen LogP) is -0.989. The lowest BCUT2D eigenvalue weighted by Gasteiger charge is -2.58. The number of hydrogen-bond acceptors (Lipinski definition) is 6. The maximum Gasteiger partial charge on any atom is 0.436 e. The maximum absolute atomic E-state index is 11.1. The Balaban J connectivity index is 1.86. The van der Waals surface area contributed by atoms with E-state index in [1.165, 1.54) is 0 Å². The van der Waals surface area contributed by atoms with Crippen molar-refractivity contribution in [1.29, 1.82) is 0 Å². The molecule has 6 nitrogen and oxygen atoms in total. The largest absolute Gasteiger partial charge is 0.436 e. The van der Waals surface area contributed by atoms with E-state index in [9.17, 15) is 9.59 Å².